The largest absolute Gasteiger partial charge is 0.328 e. The summed E-state index contributed by atoms with van der Waals surface area (Å²) in [6.07, 6.45) is 3.27. The van der Waals surface area contributed by atoms with Crippen molar-refractivity contribution in [3.63, 3.8) is 0 Å². The Kier molecular flexibility index (Phi) is 6.30. The Balaban J connectivity index is 0.00000280. The lowest BCUT2D eigenvalue weighted by atomic mass is 9.92. The molecule has 1 aromatic heterocycles. The lowest BCUT2D eigenvalue weighted by Crippen LogP contribution is -2.37. The van der Waals surface area contributed by atoms with Crippen LogP contribution in [0.3, 0.4) is 0 Å². The molecule has 8 heteroatoms. The number of imidazole rings is 1. The molecule has 0 amide bonds. The van der Waals surface area contributed by atoms with Gasteiger partial charge in [-0.1, -0.05) is 20.8 Å². The summed E-state index contributed by atoms with van der Waals surface area (Å²) in [6, 6.07) is 4.94. The van der Waals surface area contributed by atoms with Crippen LogP contribution in [0.5, 0.6) is 0 Å². The smallest absolute Gasteiger partial charge is 0.242 e. The molecule has 156 valence electrons. The van der Waals surface area contributed by atoms with Crippen LogP contribution in [0, 0.1) is 11.3 Å². The first-order valence-electron chi connectivity index (χ1n) is 9.27. The van der Waals surface area contributed by atoms with Gasteiger partial charge in [-0.25, -0.2) is 13.4 Å². The van der Waals surface area contributed by atoms with Crippen molar-refractivity contribution in [3.8, 4) is 0 Å². The molecule has 2 aromatic rings. The molecule has 0 N–H and O–H groups in total. The van der Waals surface area contributed by atoms with Crippen molar-refractivity contribution < 1.29 is 13.2 Å². The maximum absolute atomic E-state index is 12.9. The van der Waals surface area contributed by atoms with E-state index >= 15 is 0 Å². The molecular weight excluding hydrogens is 419 g/mol. The van der Waals surface area contributed by atoms with Crippen molar-refractivity contribution in [3.05, 3.63) is 24.0 Å². The van der Waals surface area contributed by atoms with Crippen LogP contribution in [0.15, 0.2) is 23.1 Å². The zero-order chi connectivity index (χ0) is 20.2. The van der Waals surface area contributed by atoms with Gasteiger partial charge in [0.05, 0.1) is 15.9 Å². The van der Waals surface area contributed by atoms with E-state index in [9.17, 15) is 13.2 Å². The molecular formula is C20H28Cl2N2O3S. The standard InChI is InChI=1S/C20H27ClN2O3S.ClH/c1-19(2,3)11-17-22-15-10-14(27(25,26)20(4,5)18(21)24)8-9-16(15)23(17)12-13-6-7-13;/h8-10,13H,6-7,11-12H2,1-5H3;1H. The highest BCUT2D eigenvalue weighted by Gasteiger charge is 2.42. The number of halogens is 2. The summed E-state index contributed by atoms with van der Waals surface area (Å²) in [7, 11) is -3.91. The van der Waals surface area contributed by atoms with E-state index in [4.69, 9.17) is 16.6 Å². The van der Waals surface area contributed by atoms with Crippen LogP contribution in [0.1, 0.15) is 53.3 Å². The van der Waals surface area contributed by atoms with Gasteiger partial charge in [-0.3, -0.25) is 4.79 Å². The average Bonchev–Trinajstić information content (AvgIpc) is 3.28. The average molecular weight is 447 g/mol. The van der Waals surface area contributed by atoms with Gasteiger partial charge in [0.2, 0.25) is 5.24 Å². The molecule has 0 atom stereocenters. The number of fused-ring (bicyclic) bond motifs is 1. The van der Waals surface area contributed by atoms with Gasteiger partial charge in [0.15, 0.2) is 9.84 Å². The molecule has 0 bridgehead atoms. The number of rotatable bonds is 6. The molecule has 0 radical (unpaired) electrons. The fourth-order valence-electron chi connectivity index (χ4n) is 3.10. The molecule has 1 aliphatic carbocycles. The van der Waals surface area contributed by atoms with Gasteiger partial charge < -0.3 is 4.57 Å². The van der Waals surface area contributed by atoms with Gasteiger partial charge >= 0.3 is 0 Å². The minimum Gasteiger partial charge on any atom is -0.328 e. The molecule has 28 heavy (non-hydrogen) atoms. The highest BCUT2D eigenvalue weighted by Crippen LogP contribution is 2.35. The van der Waals surface area contributed by atoms with Gasteiger partial charge in [-0.2, -0.15) is 0 Å². The van der Waals surface area contributed by atoms with E-state index in [0.29, 0.717) is 11.4 Å². The Bertz CT molecular complexity index is 1000. The molecule has 1 saturated carbocycles. The first-order valence-corrected chi connectivity index (χ1v) is 11.1. The van der Waals surface area contributed by atoms with Crippen LogP contribution in [-0.4, -0.2) is 28.0 Å². The van der Waals surface area contributed by atoms with Crippen molar-refractivity contribution in [2.75, 3.05) is 0 Å². The highest BCUT2D eigenvalue weighted by molar-refractivity contribution is 7.93. The van der Waals surface area contributed by atoms with E-state index in [-0.39, 0.29) is 22.7 Å². The number of carbonyl (C=O) groups excluding carboxylic acids is 1. The summed E-state index contributed by atoms with van der Waals surface area (Å²) in [6.45, 7) is 10.1. The summed E-state index contributed by atoms with van der Waals surface area (Å²) >= 11 is 5.55. The second-order valence-electron chi connectivity index (χ2n) is 9.26. The summed E-state index contributed by atoms with van der Waals surface area (Å²) in [5.74, 6) is 1.66. The minimum atomic E-state index is -3.91. The van der Waals surface area contributed by atoms with Crippen LogP contribution in [0.4, 0.5) is 0 Å². The third-order valence-electron chi connectivity index (χ3n) is 5.08. The molecule has 1 fully saturated rings. The summed E-state index contributed by atoms with van der Waals surface area (Å²) < 4.78 is 26.4. The van der Waals surface area contributed by atoms with E-state index in [1.54, 1.807) is 18.2 Å². The molecule has 5 nitrogen and oxygen atoms in total. The zero-order valence-corrected chi connectivity index (χ0v) is 19.3. The summed E-state index contributed by atoms with van der Waals surface area (Å²) in [5.41, 5.74) is 1.66. The van der Waals surface area contributed by atoms with Crippen LogP contribution >= 0.6 is 24.0 Å². The Labute approximate surface area is 178 Å². The quantitative estimate of drug-likeness (QED) is 0.598. The van der Waals surface area contributed by atoms with Crippen molar-refractivity contribution in [2.45, 2.75) is 70.1 Å². The third-order valence-corrected chi connectivity index (χ3v) is 8.07. The topological polar surface area (TPSA) is 69.0 Å². The number of carbonyl (C=O) groups is 1. The molecule has 0 spiro atoms. The number of sulfone groups is 1. The number of nitrogens with zero attached hydrogens (tertiary/aromatic N) is 2. The van der Waals surface area contributed by atoms with E-state index in [1.807, 2.05) is 0 Å². The number of benzene rings is 1. The monoisotopic (exact) mass is 446 g/mol. The zero-order valence-electron chi connectivity index (χ0n) is 17.0. The van der Waals surface area contributed by atoms with Gasteiger partial charge in [-0.05, 0) is 67.8 Å². The lowest BCUT2D eigenvalue weighted by molar-refractivity contribution is -0.113. The molecule has 3 rings (SSSR count). The Morgan fingerprint density at radius 2 is 1.82 bits per heavy atom. The number of hydrogen-bond acceptors (Lipinski definition) is 4. The van der Waals surface area contributed by atoms with Crippen LogP contribution < -0.4 is 0 Å². The molecule has 1 aliphatic rings. The van der Waals surface area contributed by atoms with Crippen molar-refractivity contribution in [2.24, 2.45) is 11.3 Å². The molecule has 0 saturated heterocycles. The highest BCUT2D eigenvalue weighted by atomic mass is 35.5. The third kappa shape index (κ3) is 4.39. The van der Waals surface area contributed by atoms with Crippen LogP contribution in [0.25, 0.3) is 11.0 Å². The van der Waals surface area contributed by atoms with Gasteiger partial charge in [0, 0.05) is 13.0 Å². The molecule has 1 heterocycles. The molecule has 1 aromatic carbocycles. The van der Waals surface area contributed by atoms with E-state index in [1.165, 1.54) is 26.7 Å². The Morgan fingerprint density at radius 3 is 2.32 bits per heavy atom. The van der Waals surface area contributed by atoms with E-state index in [2.05, 4.69) is 25.3 Å². The SMILES string of the molecule is CC(C)(C)Cc1nc2cc(S(=O)(=O)C(C)(C)C(=O)Cl)ccc2n1CC1CC1.Cl. The van der Waals surface area contributed by atoms with Crippen molar-refractivity contribution >= 4 is 50.1 Å². The normalized spacial score (nSPS) is 15.5. The van der Waals surface area contributed by atoms with E-state index in [0.717, 1.165) is 24.3 Å². The fourth-order valence-corrected chi connectivity index (χ4v) is 4.72. The first-order chi connectivity index (χ1) is 12.3. The van der Waals surface area contributed by atoms with Crippen molar-refractivity contribution in [1.82, 2.24) is 9.55 Å². The number of hydrogen-bond donors (Lipinski definition) is 0. The predicted molar refractivity (Wildman–Crippen MR) is 115 cm³/mol. The number of aromatic nitrogens is 2. The molecule has 0 aliphatic heterocycles. The van der Waals surface area contributed by atoms with Crippen LogP contribution in [-0.2, 0) is 27.6 Å². The Hall–Kier alpha value is -1.11. The second kappa shape index (κ2) is 7.62. The second-order valence-corrected chi connectivity index (χ2v) is 12.1. The predicted octanol–water partition coefficient (Wildman–Crippen LogP) is 4.77. The van der Waals surface area contributed by atoms with Gasteiger partial charge in [0.25, 0.3) is 0 Å². The van der Waals surface area contributed by atoms with E-state index < -0.39 is 19.8 Å². The van der Waals surface area contributed by atoms with Crippen molar-refractivity contribution in [1.29, 1.82) is 0 Å². The lowest BCUT2D eigenvalue weighted by Gasteiger charge is -2.20. The minimum absolute atomic E-state index is 0. The van der Waals surface area contributed by atoms with Gasteiger partial charge in [-0.15, -0.1) is 12.4 Å². The Morgan fingerprint density at radius 1 is 1.21 bits per heavy atom. The van der Waals surface area contributed by atoms with Gasteiger partial charge in [0.1, 0.15) is 10.6 Å². The maximum Gasteiger partial charge on any atom is 0.242 e. The summed E-state index contributed by atoms with van der Waals surface area (Å²) in [5, 5.41) is -0.893. The van der Waals surface area contributed by atoms with Crippen LogP contribution in [0.2, 0.25) is 0 Å². The summed E-state index contributed by atoms with van der Waals surface area (Å²) in [4.78, 5) is 16.5. The molecule has 0 unspecified atom stereocenters. The first kappa shape index (κ1) is 23.2. The maximum atomic E-state index is 12.9. The fraction of sp³-hybridized carbons (Fsp3) is 0.600.